The third kappa shape index (κ3) is 5.23. The highest BCUT2D eigenvalue weighted by molar-refractivity contribution is 14.0. The lowest BCUT2D eigenvalue weighted by molar-refractivity contribution is 0.151. The molecule has 1 aliphatic carbocycles. The Bertz CT molecular complexity index is 408. The van der Waals surface area contributed by atoms with Gasteiger partial charge in [0.05, 0.1) is 0 Å². The number of nitrogens with zero attached hydrogens (tertiary/aromatic N) is 3. The van der Waals surface area contributed by atoms with Gasteiger partial charge >= 0.3 is 0 Å². The Balaban J connectivity index is 0.00000208. The molecule has 0 radical (unpaired) electrons. The summed E-state index contributed by atoms with van der Waals surface area (Å²) in [5.41, 5.74) is 0.655. The first-order chi connectivity index (χ1) is 11.2. The van der Waals surface area contributed by atoms with Crippen LogP contribution in [0.4, 0.5) is 0 Å². The second-order valence-corrected chi connectivity index (χ2v) is 8.25. The molecule has 1 saturated carbocycles. The Morgan fingerprint density at radius 2 is 2.00 bits per heavy atom. The highest BCUT2D eigenvalue weighted by Crippen LogP contribution is 2.47. The van der Waals surface area contributed by atoms with Gasteiger partial charge in [-0.2, -0.15) is 0 Å². The van der Waals surface area contributed by atoms with Gasteiger partial charge in [-0.15, -0.1) is 24.0 Å². The zero-order chi connectivity index (χ0) is 16.1. The average Bonchev–Trinajstić information content (AvgIpc) is 2.97. The maximum Gasteiger partial charge on any atom is 0.193 e. The topological polar surface area (TPSA) is 30.9 Å². The van der Waals surface area contributed by atoms with Gasteiger partial charge in [-0.25, -0.2) is 0 Å². The van der Waals surface area contributed by atoms with Crippen molar-refractivity contribution < 1.29 is 0 Å². The molecule has 1 unspecified atom stereocenters. The minimum absolute atomic E-state index is 0. The van der Waals surface area contributed by atoms with Crippen molar-refractivity contribution in [3.63, 3.8) is 0 Å². The fourth-order valence-corrected chi connectivity index (χ4v) is 4.68. The Hall–Kier alpha value is -0.0400. The van der Waals surface area contributed by atoms with Crippen LogP contribution in [0.15, 0.2) is 4.99 Å². The van der Waals surface area contributed by atoms with Crippen LogP contribution in [0.3, 0.4) is 0 Å². The molecule has 0 aromatic rings. The maximum atomic E-state index is 4.51. The van der Waals surface area contributed by atoms with E-state index in [9.17, 15) is 0 Å². The van der Waals surface area contributed by atoms with Crippen LogP contribution >= 0.6 is 24.0 Å². The molecule has 0 aromatic carbocycles. The molecular formula is C19H37IN4. The van der Waals surface area contributed by atoms with E-state index in [1.807, 2.05) is 7.05 Å². The van der Waals surface area contributed by atoms with Crippen LogP contribution in [-0.4, -0.2) is 62.1 Å². The summed E-state index contributed by atoms with van der Waals surface area (Å²) in [4.78, 5) is 9.66. The van der Waals surface area contributed by atoms with Crippen molar-refractivity contribution in [3.05, 3.63) is 0 Å². The number of nitrogens with one attached hydrogen (secondary N) is 1. The summed E-state index contributed by atoms with van der Waals surface area (Å²) in [5, 5.41) is 3.60. The smallest absolute Gasteiger partial charge is 0.193 e. The van der Waals surface area contributed by atoms with Crippen LogP contribution < -0.4 is 5.32 Å². The van der Waals surface area contributed by atoms with Gasteiger partial charge in [0, 0.05) is 33.2 Å². The van der Waals surface area contributed by atoms with Gasteiger partial charge in [-0.1, -0.05) is 13.3 Å². The van der Waals surface area contributed by atoms with E-state index in [4.69, 9.17) is 0 Å². The Labute approximate surface area is 165 Å². The van der Waals surface area contributed by atoms with Crippen molar-refractivity contribution in [1.29, 1.82) is 0 Å². The van der Waals surface area contributed by atoms with E-state index in [1.54, 1.807) is 0 Å². The zero-order valence-electron chi connectivity index (χ0n) is 15.7. The summed E-state index contributed by atoms with van der Waals surface area (Å²) in [6, 6.07) is 0. The molecule has 3 rings (SSSR count). The molecule has 5 heteroatoms. The number of hydrogen-bond donors (Lipinski definition) is 1. The normalized spacial score (nSPS) is 27.0. The molecule has 3 aliphatic rings. The van der Waals surface area contributed by atoms with Gasteiger partial charge < -0.3 is 15.1 Å². The van der Waals surface area contributed by atoms with E-state index >= 15 is 0 Å². The third-order valence-corrected chi connectivity index (χ3v) is 6.29. The summed E-state index contributed by atoms with van der Waals surface area (Å²) >= 11 is 0. The number of piperidine rings is 1. The molecule has 1 N–H and O–H groups in total. The van der Waals surface area contributed by atoms with Gasteiger partial charge in [0.25, 0.3) is 0 Å². The van der Waals surface area contributed by atoms with Crippen LogP contribution in [0.1, 0.15) is 58.3 Å². The molecule has 4 nitrogen and oxygen atoms in total. The lowest BCUT2D eigenvalue weighted by Crippen LogP contribution is -2.43. The van der Waals surface area contributed by atoms with Crippen molar-refractivity contribution in [1.82, 2.24) is 15.1 Å². The lowest BCUT2D eigenvalue weighted by Gasteiger charge is -2.38. The fourth-order valence-electron chi connectivity index (χ4n) is 4.68. The Morgan fingerprint density at radius 3 is 2.62 bits per heavy atom. The second-order valence-electron chi connectivity index (χ2n) is 8.25. The second kappa shape index (κ2) is 9.60. The zero-order valence-corrected chi connectivity index (χ0v) is 18.1. The first-order valence-corrected chi connectivity index (χ1v) is 9.89. The molecular weight excluding hydrogens is 411 g/mol. The van der Waals surface area contributed by atoms with Crippen LogP contribution in [-0.2, 0) is 0 Å². The van der Waals surface area contributed by atoms with E-state index in [0.29, 0.717) is 5.41 Å². The summed E-state index contributed by atoms with van der Waals surface area (Å²) < 4.78 is 0. The molecule has 3 fully saturated rings. The monoisotopic (exact) mass is 448 g/mol. The largest absolute Gasteiger partial charge is 0.356 e. The molecule has 0 amide bonds. The number of unbranched alkanes of at least 4 members (excludes halogenated alkanes) is 1. The minimum atomic E-state index is 0. The van der Waals surface area contributed by atoms with Crippen molar-refractivity contribution in [2.45, 2.75) is 58.3 Å². The van der Waals surface area contributed by atoms with Crippen LogP contribution in [0, 0.1) is 11.3 Å². The minimum Gasteiger partial charge on any atom is -0.356 e. The number of rotatable bonds is 5. The predicted octanol–water partition coefficient (Wildman–Crippen LogP) is 3.57. The molecule has 2 heterocycles. The molecule has 2 aliphatic heterocycles. The Morgan fingerprint density at radius 1 is 1.17 bits per heavy atom. The molecule has 0 bridgehead atoms. The molecule has 1 spiro atoms. The van der Waals surface area contributed by atoms with Crippen molar-refractivity contribution in [2.24, 2.45) is 16.3 Å². The highest BCUT2D eigenvalue weighted by atomic mass is 127. The number of hydrogen-bond acceptors (Lipinski definition) is 2. The lowest BCUT2D eigenvalue weighted by atomic mass is 9.68. The summed E-state index contributed by atoms with van der Waals surface area (Å²) in [7, 11) is 1.93. The van der Waals surface area contributed by atoms with Crippen LogP contribution in [0.2, 0.25) is 0 Å². The van der Waals surface area contributed by atoms with Gasteiger partial charge in [-0.3, -0.25) is 4.99 Å². The summed E-state index contributed by atoms with van der Waals surface area (Å²) in [5.74, 6) is 2.04. The maximum absolute atomic E-state index is 4.51. The van der Waals surface area contributed by atoms with Crippen molar-refractivity contribution in [2.75, 3.05) is 46.3 Å². The molecule has 2 saturated heterocycles. The molecule has 140 valence electrons. The van der Waals surface area contributed by atoms with E-state index in [2.05, 4.69) is 27.0 Å². The van der Waals surface area contributed by atoms with E-state index in [0.717, 1.165) is 18.4 Å². The number of guanidine groups is 1. The first kappa shape index (κ1) is 20.3. The van der Waals surface area contributed by atoms with E-state index in [-0.39, 0.29) is 24.0 Å². The average molecular weight is 448 g/mol. The highest BCUT2D eigenvalue weighted by Gasteiger charge is 2.43. The van der Waals surface area contributed by atoms with Crippen molar-refractivity contribution in [3.8, 4) is 0 Å². The first-order valence-electron chi connectivity index (χ1n) is 9.89. The number of likely N-dealkylation sites (tertiary alicyclic amines) is 2. The van der Waals surface area contributed by atoms with Crippen LogP contribution in [0.25, 0.3) is 0 Å². The van der Waals surface area contributed by atoms with Gasteiger partial charge in [0.2, 0.25) is 0 Å². The summed E-state index contributed by atoms with van der Waals surface area (Å²) in [6.45, 7) is 9.80. The Kier molecular flexibility index (Phi) is 8.11. The predicted molar refractivity (Wildman–Crippen MR) is 113 cm³/mol. The molecule has 0 aromatic heterocycles. The van der Waals surface area contributed by atoms with Crippen molar-refractivity contribution >= 4 is 29.9 Å². The standard InChI is InChI=1S/C19H36N4.HI/c1-17-7-5-13-22(15-17)12-4-3-11-21-18(20-2)23-14-10-19(16-23)8-6-9-19;/h17H,3-16H2,1-2H3,(H,20,21);1H. The molecule has 24 heavy (non-hydrogen) atoms. The number of aliphatic imine (C=N–C) groups is 1. The van der Waals surface area contributed by atoms with E-state index < -0.39 is 0 Å². The molecule has 1 atom stereocenters. The number of halogens is 1. The fraction of sp³-hybridized carbons (Fsp3) is 0.947. The third-order valence-electron chi connectivity index (χ3n) is 6.29. The van der Waals surface area contributed by atoms with Gasteiger partial charge in [-0.05, 0) is 69.4 Å². The quantitative estimate of drug-likeness (QED) is 0.302. The SMILES string of the molecule is CN=C(NCCCCN1CCCC(C)C1)N1CCC2(CCC2)C1.I. The van der Waals surface area contributed by atoms with Gasteiger partial charge in [0.1, 0.15) is 0 Å². The van der Waals surface area contributed by atoms with E-state index in [1.165, 1.54) is 84.1 Å². The van der Waals surface area contributed by atoms with Gasteiger partial charge in [0.15, 0.2) is 5.96 Å². The summed E-state index contributed by atoms with van der Waals surface area (Å²) in [6.07, 6.45) is 11.1. The van der Waals surface area contributed by atoms with Crippen LogP contribution in [0.5, 0.6) is 0 Å².